The van der Waals surface area contributed by atoms with Crippen molar-refractivity contribution in [1.82, 2.24) is 20.0 Å². The van der Waals surface area contributed by atoms with Crippen LogP contribution in [-0.2, 0) is 29.5 Å². The van der Waals surface area contributed by atoms with Crippen LogP contribution in [0, 0.1) is 0 Å². The Morgan fingerprint density at radius 3 is 2.66 bits per heavy atom. The molecule has 6 nitrogen and oxygen atoms in total. The Hall–Kier alpha value is -2.18. The zero-order chi connectivity index (χ0) is 22.0. The van der Waals surface area contributed by atoms with Crippen LogP contribution < -0.4 is 5.32 Å². The van der Waals surface area contributed by atoms with Crippen LogP contribution in [0.2, 0.25) is 0 Å². The lowest BCUT2D eigenvalue weighted by atomic mass is 9.78. The van der Waals surface area contributed by atoms with E-state index in [-0.39, 0.29) is 11.3 Å². The van der Waals surface area contributed by atoms with E-state index in [2.05, 4.69) is 47.3 Å². The first-order valence-electron chi connectivity index (χ1n) is 12.4. The van der Waals surface area contributed by atoms with Gasteiger partial charge in [0.25, 0.3) is 5.91 Å². The zero-order valence-corrected chi connectivity index (χ0v) is 19.3. The number of nitrogens with one attached hydrogen (secondary N) is 1. The van der Waals surface area contributed by atoms with Crippen LogP contribution in [-0.4, -0.2) is 59.5 Å². The van der Waals surface area contributed by atoms with Gasteiger partial charge in [-0.2, -0.15) is 5.10 Å². The van der Waals surface area contributed by atoms with Gasteiger partial charge in [-0.1, -0.05) is 43.2 Å². The molecule has 1 atom stereocenters. The molecule has 6 heteroatoms. The molecule has 0 radical (unpaired) electrons. The molecule has 0 spiro atoms. The van der Waals surface area contributed by atoms with E-state index in [4.69, 9.17) is 9.84 Å². The Balaban J connectivity index is 1.33. The highest BCUT2D eigenvalue weighted by Crippen LogP contribution is 2.41. The number of carbonyl (C=O) groups excluding carboxylic acids is 1. The van der Waals surface area contributed by atoms with E-state index >= 15 is 0 Å². The number of ether oxygens (including phenoxy) is 1. The van der Waals surface area contributed by atoms with Crippen LogP contribution in [0.4, 0.5) is 0 Å². The second-order valence-corrected chi connectivity index (χ2v) is 9.67. The summed E-state index contributed by atoms with van der Waals surface area (Å²) in [7, 11) is 0. The molecule has 1 saturated carbocycles. The first kappa shape index (κ1) is 21.7. The summed E-state index contributed by atoms with van der Waals surface area (Å²) in [5.41, 5.74) is 4.84. The molecule has 2 fully saturated rings. The van der Waals surface area contributed by atoms with Crippen molar-refractivity contribution in [3.63, 3.8) is 0 Å². The third-order valence-electron chi connectivity index (χ3n) is 7.82. The molecule has 32 heavy (non-hydrogen) atoms. The second kappa shape index (κ2) is 9.36. The number of hydrogen-bond donors (Lipinski definition) is 1. The molecule has 5 rings (SSSR count). The van der Waals surface area contributed by atoms with Gasteiger partial charge in [-0.25, -0.2) is 0 Å². The van der Waals surface area contributed by atoms with Crippen molar-refractivity contribution in [2.75, 3.05) is 32.8 Å². The standard InChI is InChI=1S/C26H36N4O2/c1-2-30-23-11-10-21(18-22(23)24(28-30)25(31)29-14-16-32-17-15-29)27-19-26(12-6-7-13-26)20-8-4-3-5-9-20/h3-5,8-9,21,27H,2,6-7,10-19H2,1H3/t21-/m1/s1. The molecule has 3 aliphatic rings. The number of nitrogens with zero attached hydrogens (tertiary/aromatic N) is 3. The first-order valence-corrected chi connectivity index (χ1v) is 12.4. The van der Waals surface area contributed by atoms with E-state index in [0.29, 0.717) is 38.0 Å². The maximum Gasteiger partial charge on any atom is 0.274 e. The van der Waals surface area contributed by atoms with Crippen molar-refractivity contribution in [3.8, 4) is 0 Å². The Morgan fingerprint density at radius 2 is 1.94 bits per heavy atom. The van der Waals surface area contributed by atoms with Crippen LogP contribution >= 0.6 is 0 Å². The molecule has 2 aromatic rings. The lowest BCUT2D eigenvalue weighted by Crippen LogP contribution is -2.44. The first-order chi connectivity index (χ1) is 15.7. The van der Waals surface area contributed by atoms with Crippen LogP contribution in [0.1, 0.15) is 66.3 Å². The minimum atomic E-state index is 0.0777. The topological polar surface area (TPSA) is 59.4 Å². The lowest BCUT2D eigenvalue weighted by molar-refractivity contribution is 0.0297. The van der Waals surface area contributed by atoms with Gasteiger partial charge in [0.15, 0.2) is 5.69 Å². The van der Waals surface area contributed by atoms with Gasteiger partial charge in [-0.3, -0.25) is 9.48 Å². The third kappa shape index (κ3) is 4.11. The molecule has 1 N–H and O–H groups in total. The fraction of sp³-hybridized carbons (Fsp3) is 0.615. The fourth-order valence-corrected chi connectivity index (χ4v) is 5.96. The van der Waals surface area contributed by atoms with Gasteiger partial charge < -0.3 is 15.0 Å². The number of morpholine rings is 1. The fourth-order valence-electron chi connectivity index (χ4n) is 5.96. The number of aryl methyl sites for hydroxylation is 1. The average molecular weight is 437 g/mol. The van der Waals surface area contributed by atoms with Gasteiger partial charge >= 0.3 is 0 Å². The van der Waals surface area contributed by atoms with E-state index in [0.717, 1.165) is 32.4 Å². The number of carbonyl (C=O) groups is 1. The smallest absolute Gasteiger partial charge is 0.274 e. The normalized spacial score (nSPS) is 22.7. The molecule has 1 aromatic heterocycles. The Labute approximate surface area is 191 Å². The van der Waals surface area contributed by atoms with Crippen LogP contribution in [0.3, 0.4) is 0 Å². The van der Waals surface area contributed by atoms with Crippen LogP contribution in [0.25, 0.3) is 0 Å². The molecule has 1 aliphatic heterocycles. The summed E-state index contributed by atoms with van der Waals surface area (Å²) in [6.07, 6.45) is 8.13. The molecule has 2 aliphatic carbocycles. The summed E-state index contributed by atoms with van der Waals surface area (Å²) in [5, 5.41) is 8.71. The van der Waals surface area contributed by atoms with Gasteiger partial charge in [0, 0.05) is 48.9 Å². The monoisotopic (exact) mass is 436 g/mol. The van der Waals surface area contributed by atoms with Crippen molar-refractivity contribution in [2.24, 2.45) is 0 Å². The van der Waals surface area contributed by atoms with Crippen molar-refractivity contribution in [3.05, 3.63) is 52.8 Å². The Kier molecular flexibility index (Phi) is 6.33. The number of fused-ring (bicyclic) bond motifs is 1. The highest BCUT2D eigenvalue weighted by Gasteiger charge is 2.37. The summed E-state index contributed by atoms with van der Waals surface area (Å²) in [6.45, 7) is 6.51. The molecular weight excluding hydrogens is 400 g/mol. The third-order valence-corrected chi connectivity index (χ3v) is 7.82. The molecule has 1 amide bonds. The number of hydrogen-bond acceptors (Lipinski definition) is 4. The average Bonchev–Trinajstić information content (AvgIpc) is 3.49. The van der Waals surface area contributed by atoms with E-state index in [1.54, 1.807) is 0 Å². The number of benzene rings is 1. The lowest BCUT2D eigenvalue weighted by Gasteiger charge is -2.34. The van der Waals surface area contributed by atoms with Crippen LogP contribution in [0.5, 0.6) is 0 Å². The minimum absolute atomic E-state index is 0.0777. The van der Waals surface area contributed by atoms with Gasteiger partial charge in [-0.15, -0.1) is 0 Å². The number of aromatic nitrogens is 2. The highest BCUT2D eigenvalue weighted by atomic mass is 16.5. The van der Waals surface area contributed by atoms with E-state index in [1.165, 1.54) is 42.5 Å². The van der Waals surface area contributed by atoms with Crippen molar-refractivity contribution < 1.29 is 9.53 Å². The highest BCUT2D eigenvalue weighted by molar-refractivity contribution is 5.94. The summed E-state index contributed by atoms with van der Waals surface area (Å²) >= 11 is 0. The summed E-state index contributed by atoms with van der Waals surface area (Å²) in [4.78, 5) is 15.2. The Bertz CT molecular complexity index is 927. The maximum atomic E-state index is 13.3. The van der Waals surface area contributed by atoms with Crippen molar-refractivity contribution in [1.29, 1.82) is 0 Å². The molecule has 172 valence electrons. The van der Waals surface area contributed by atoms with E-state index in [1.807, 2.05) is 4.90 Å². The SMILES string of the molecule is CCn1nc(C(=O)N2CCOCC2)c2c1CC[C@@H](NCC1(c3ccccc3)CCCC1)C2. The molecule has 0 unspecified atom stereocenters. The molecular formula is C26H36N4O2. The zero-order valence-electron chi connectivity index (χ0n) is 19.3. The van der Waals surface area contributed by atoms with Gasteiger partial charge in [0.05, 0.1) is 13.2 Å². The minimum Gasteiger partial charge on any atom is -0.378 e. The van der Waals surface area contributed by atoms with Gasteiger partial charge in [0.2, 0.25) is 0 Å². The van der Waals surface area contributed by atoms with E-state index in [9.17, 15) is 4.79 Å². The van der Waals surface area contributed by atoms with Crippen LogP contribution in [0.15, 0.2) is 30.3 Å². The van der Waals surface area contributed by atoms with Crippen molar-refractivity contribution in [2.45, 2.75) is 69.9 Å². The van der Waals surface area contributed by atoms with Gasteiger partial charge in [0.1, 0.15) is 0 Å². The van der Waals surface area contributed by atoms with Gasteiger partial charge in [-0.05, 0) is 44.6 Å². The molecule has 1 saturated heterocycles. The molecule has 1 aromatic carbocycles. The van der Waals surface area contributed by atoms with Crippen molar-refractivity contribution >= 4 is 5.91 Å². The summed E-state index contributed by atoms with van der Waals surface area (Å²) in [5.74, 6) is 0.0777. The summed E-state index contributed by atoms with van der Waals surface area (Å²) in [6, 6.07) is 11.5. The summed E-state index contributed by atoms with van der Waals surface area (Å²) < 4.78 is 7.50. The predicted molar refractivity (Wildman–Crippen MR) is 125 cm³/mol. The molecule has 2 heterocycles. The molecule has 0 bridgehead atoms. The Morgan fingerprint density at radius 1 is 1.19 bits per heavy atom. The predicted octanol–water partition coefficient (Wildman–Crippen LogP) is 3.33. The maximum absolute atomic E-state index is 13.3. The quantitative estimate of drug-likeness (QED) is 0.755. The largest absolute Gasteiger partial charge is 0.378 e. The number of amides is 1. The van der Waals surface area contributed by atoms with E-state index < -0.39 is 0 Å². The number of rotatable bonds is 6. The second-order valence-electron chi connectivity index (χ2n) is 9.67.